The van der Waals surface area contributed by atoms with Crippen LogP contribution in [0.4, 0.5) is 0 Å². The summed E-state index contributed by atoms with van der Waals surface area (Å²) in [5.74, 6) is -0.461. The SMILES string of the molecule is CC(Cc1cccs1)NC(=O)C1CCCN1C(=O)c1ccccc1O. The van der Waals surface area contributed by atoms with Crippen molar-refractivity contribution < 1.29 is 14.7 Å². The van der Waals surface area contributed by atoms with Crippen LogP contribution in [0.2, 0.25) is 0 Å². The molecule has 2 heterocycles. The molecular formula is C19H22N2O3S. The van der Waals surface area contributed by atoms with Crippen molar-refractivity contribution >= 4 is 23.2 Å². The van der Waals surface area contributed by atoms with Gasteiger partial charge in [0.15, 0.2) is 0 Å². The molecule has 1 aromatic heterocycles. The maximum Gasteiger partial charge on any atom is 0.258 e. The van der Waals surface area contributed by atoms with Gasteiger partial charge in [0, 0.05) is 23.9 Å². The minimum absolute atomic E-state index is 0.00818. The summed E-state index contributed by atoms with van der Waals surface area (Å²) in [6, 6.07) is 10.0. The first-order chi connectivity index (χ1) is 12.1. The predicted octanol–water partition coefficient (Wildman–Crippen LogP) is 2.81. The van der Waals surface area contributed by atoms with Crippen LogP contribution in [0.15, 0.2) is 41.8 Å². The molecule has 0 spiro atoms. The Kier molecular flexibility index (Phi) is 5.38. The van der Waals surface area contributed by atoms with Gasteiger partial charge in [-0.1, -0.05) is 18.2 Å². The number of hydrogen-bond donors (Lipinski definition) is 2. The molecule has 2 atom stereocenters. The van der Waals surface area contributed by atoms with Crippen molar-refractivity contribution in [3.05, 3.63) is 52.2 Å². The van der Waals surface area contributed by atoms with Crippen LogP contribution in [-0.2, 0) is 11.2 Å². The largest absolute Gasteiger partial charge is 0.507 e. The average molecular weight is 358 g/mol. The molecule has 1 aromatic carbocycles. The van der Waals surface area contributed by atoms with Crippen LogP contribution in [0.25, 0.3) is 0 Å². The van der Waals surface area contributed by atoms with Crippen LogP contribution >= 0.6 is 11.3 Å². The number of para-hydroxylation sites is 1. The molecular weight excluding hydrogens is 336 g/mol. The van der Waals surface area contributed by atoms with Crippen LogP contribution in [-0.4, -0.2) is 40.4 Å². The highest BCUT2D eigenvalue weighted by atomic mass is 32.1. The standard InChI is InChI=1S/C19H22N2O3S/c1-13(12-14-6-5-11-25-14)20-18(23)16-8-4-10-21(16)19(24)15-7-2-3-9-17(15)22/h2-3,5-7,9,11,13,16,22H,4,8,10,12H2,1H3,(H,20,23). The minimum Gasteiger partial charge on any atom is -0.507 e. The fourth-order valence-corrected chi connectivity index (χ4v) is 4.05. The zero-order valence-corrected chi connectivity index (χ0v) is 15.0. The highest BCUT2D eigenvalue weighted by molar-refractivity contribution is 7.09. The van der Waals surface area contributed by atoms with Gasteiger partial charge in [0.2, 0.25) is 5.91 Å². The lowest BCUT2D eigenvalue weighted by Crippen LogP contribution is -2.48. The van der Waals surface area contributed by atoms with E-state index in [4.69, 9.17) is 0 Å². The second-order valence-electron chi connectivity index (χ2n) is 6.37. The highest BCUT2D eigenvalue weighted by Crippen LogP contribution is 2.24. The van der Waals surface area contributed by atoms with Gasteiger partial charge in [0.1, 0.15) is 11.8 Å². The molecule has 0 radical (unpaired) electrons. The number of aromatic hydroxyl groups is 1. The number of thiophene rings is 1. The van der Waals surface area contributed by atoms with E-state index >= 15 is 0 Å². The number of rotatable bonds is 5. The van der Waals surface area contributed by atoms with Gasteiger partial charge >= 0.3 is 0 Å². The monoisotopic (exact) mass is 358 g/mol. The van der Waals surface area contributed by atoms with E-state index in [2.05, 4.69) is 11.4 Å². The quantitative estimate of drug-likeness (QED) is 0.863. The highest BCUT2D eigenvalue weighted by Gasteiger charge is 2.35. The number of likely N-dealkylation sites (tertiary alicyclic amines) is 1. The lowest BCUT2D eigenvalue weighted by molar-refractivity contribution is -0.125. The number of carbonyl (C=O) groups excluding carboxylic acids is 2. The smallest absolute Gasteiger partial charge is 0.258 e. The van der Waals surface area contributed by atoms with Gasteiger partial charge in [-0.05, 0) is 43.3 Å². The molecule has 2 N–H and O–H groups in total. The van der Waals surface area contributed by atoms with Gasteiger partial charge in [-0.15, -0.1) is 11.3 Å². The Morgan fingerprint density at radius 2 is 2.12 bits per heavy atom. The van der Waals surface area contributed by atoms with Gasteiger partial charge in [-0.3, -0.25) is 9.59 Å². The molecule has 1 aliphatic heterocycles. The number of hydrogen-bond acceptors (Lipinski definition) is 4. The lowest BCUT2D eigenvalue weighted by Gasteiger charge is -2.25. The summed E-state index contributed by atoms with van der Waals surface area (Å²) in [5.41, 5.74) is 0.244. The normalized spacial score (nSPS) is 18.1. The molecule has 6 heteroatoms. The fourth-order valence-electron chi connectivity index (χ4n) is 3.21. The zero-order valence-electron chi connectivity index (χ0n) is 14.1. The Bertz CT molecular complexity index is 745. The first-order valence-electron chi connectivity index (χ1n) is 8.48. The molecule has 1 fully saturated rings. The number of benzene rings is 1. The second-order valence-corrected chi connectivity index (χ2v) is 7.40. The molecule has 2 unspecified atom stereocenters. The number of carbonyl (C=O) groups is 2. The van der Waals surface area contributed by atoms with Crippen molar-refractivity contribution in [3.8, 4) is 5.75 Å². The molecule has 5 nitrogen and oxygen atoms in total. The molecule has 132 valence electrons. The summed E-state index contributed by atoms with van der Waals surface area (Å²) >= 11 is 1.67. The summed E-state index contributed by atoms with van der Waals surface area (Å²) < 4.78 is 0. The Morgan fingerprint density at radius 3 is 2.84 bits per heavy atom. The topological polar surface area (TPSA) is 69.6 Å². The first kappa shape index (κ1) is 17.5. The molecule has 25 heavy (non-hydrogen) atoms. The summed E-state index contributed by atoms with van der Waals surface area (Å²) in [6.45, 7) is 2.51. The van der Waals surface area contributed by atoms with E-state index in [1.165, 1.54) is 10.9 Å². The predicted molar refractivity (Wildman–Crippen MR) is 97.8 cm³/mol. The van der Waals surface area contributed by atoms with Crippen LogP contribution < -0.4 is 5.32 Å². The third kappa shape index (κ3) is 4.02. The molecule has 1 saturated heterocycles. The summed E-state index contributed by atoms with van der Waals surface area (Å²) in [5, 5.41) is 15.0. The van der Waals surface area contributed by atoms with Gasteiger partial charge in [-0.25, -0.2) is 0 Å². The Labute approximate surface area is 151 Å². The van der Waals surface area contributed by atoms with Crippen molar-refractivity contribution in [3.63, 3.8) is 0 Å². The summed E-state index contributed by atoms with van der Waals surface area (Å²) in [7, 11) is 0. The minimum atomic E-state index is -0.474. The number of amides is 2. The maximum absolute atomic E-state index is 12.7. The van der Waals surface area contributed by atoms with Crippen LogP contribution in [0.5, 0.6) is 5.75 Å². The van der Waals surface area contributed by atoms with E-state index in [1.54, 1.807) is 34.4 Å². The van der Waals surface area contributed by atoms with Crippen molar-refractivity contribution in [2.24, 2.45) is 0 Å². The van der Waals surface area contributed by atoms with E-state index in [-0.39, 0.29) is 29.2 Å². The van der Waals surface area contributed by atoms with E-state index in [0.717, 1.165) is 12.8 Å². The van der Waals surface area contributed by atoms with Crippen molar-refractivity contribution in [1.29, 1.82) is 0 Å². The average Bonchev–Trinajstić information content (AvgIpc) is 3.25. The summed E-state index contributed by atoms with van der Waals surface area (Å²) in [4.78, 5) is 28.2. The molecule has 0 saturated carbocycles. The lowest BCUT2D eigenvalue weighted by atomic mass is 10.1. The molecule has 2 amide bonds. The number of nitrogens with one attached hydrogen (secondary N) is 1. The van der Waals surface area contributed by atoms with Crippen molar-refractivity contribution in [2.75, 3.05) is 6.54 Å². The van der Waals surface area contributed by atoms with E-state index in [0.29, 0.717) is 13.0 Å². The van der Waals surface area contributed by atoms with E-state index < -0.39 is 6.04 Å². The van der Waals surface area contributed by atoms with Gasteiger partial charge in [0.25, 0.3) is 5.91 Å². The van der Waals surface area contributed by atoms with Crippen molar-refractivity contribution in [2.45, 2.75) is 38.3 Å². The van der Waals surface area contributed by atoms with Gasteiger partial charge in [0.05, 0.1) is 5.56 Å². The number of phenols is 1. The third-order valence-electron chi connectivity index (χ3n) is 4.43. The Balaban J connectivity index is 1.65. The Hall–Kier alpha value is -2.34. The third-order valence-corrected chi connectivity index (χ3v) is 5.33. The summed E-state index contributed by atoms with van der Waals surface area (Å²) in [6.07, 6.45) is 2.22. The Morgan fingerprint density at radius 1 is 1.32 bits per heavy atom. The molecule has 0 bridgehead atoms. The maximum atomic E-state index is 12.7. The van der Waals surface area contributed by atoms with Crippen LogP contribution in [0.3, 0.4) is 0 Å². The van der Waals surface area contributed by atoms with Gasteiger partial charge < -0.3 is 15.3 Å². The van der Waals surface area contributed by atoms with Crippen LogP contribution in [0.1, 0.15) is 35.0 Å². The zero-order chi connectivity index (χ0) is 17.8. The van der Waals surface area contributed by atoms with Crippen LogP contribution in [0, 0.1) is 0 Å². The van der Waals surface area contributed by atoms with E-state index in [1.807, 2.05) is 18.4 Å². The second kappa shape index (κ2) is 7.70. The molecule has 2 aromatic rings. The van der Waals surface area contributed by atoms with E-state index in [9.17, 15) is 14.7 Å². The number of nitrogens with zero attached hydrogens (tertiary/aromatic N) is 1. The van der Waals surface area contributed by atoms with Gasteiger partial charge in [-0.2, -0.15) is 0 Å². The number of phenolic OH excluding ortho intramolecular Hbond substituents is 1. The van der Waals surface area contributed by atoms with Crippen molar-refractivity contribution in [1.82, 2.24) is 10.2 Å². The molecule has 1 aliphatic rings. The first-order valence-corrected chi connectivity index (χ1v) is 9.36. The fraction of sp³-hybridized carbons (Fsp3) is 0.368. The molecule has 3 rings (SSSR count). The molecule has 0 aliphatic carbocycles.